The maximum absolute atomic E-state index is 11.5. The molecule has 0 atom stereocenters. The van der Waals surface area contributed by atoms with E-state index in [0.717, 1.165) is 10.6 Å². The monoisotopic (exact) mass is 295 g/mol. The zero-order chi connectivity index (χ0) is 15.2. The van der Waals surface area contributed by atoms with E-state index in [9.17, 15) is 9.59 Å². The molecule has 0 radical (unpaired) electrons. The third kappa shape index (κ3) is 7.19. The number of ether oxygens (including phenoxy) is 1. The predicted octanol–water partition coefficient (Wildman–Crippen LogP) is 3.47. The number of nitrogens with one attached hydrogen (secondary N) is 1. The van der Waals surface area contributed by atoms with Crippen LogP contribution in [-0.4, -0.2) is 23.2 Å². The largest absolute Gasteiger partial charge is 0.460 e. The number of anilines is 1. The first-order valence-electron chi connectivity index (χ1n) is 6.48. The molecule has 0 saturated carbocycles. The van der Waals surface area contributed by atoms with Gasteiger partial charge in [0, 0.05) is 23.3 Å². The molecule has 110 valence electrons. The Kier molecular flexibility index (Phi) is 6.07. The molecule has 0 fully saturated rings. The highest BCUT2D eigenvalue weighted by molar-refractivity contribution is 7.99. The smallest absolute Gasteiger partial charge is 0.307 e. The summed E-state index contributed by atoms with van der Waals surface area (Å²) in [6.07, 6.45) is 0.384. The summed E-state index contributed by atoms with van der Waals surface area (Å²) in [5.74, 6) is 0.407. The number of amides is 1. The van der Waals surface area contributed by atoms with Crippen molar-refractivity contribution < 1.29 is 14.3 Å². The van der Waals surface area contributed by atoms with Crippen molar-refractivity contribution in [3.8, 4) is 0 Å². The van der Waals surface area contributed by atoms with Crippen molar-refractivity contribution in [2.24, 2.45) is 0 Å². The molecular formula is C15H21NO3S. The van der Waals surface area contributed by atoms with E-state index in [1.807, 2.05) is 45.0 Å². The number of hydrogen-bond donors (Lipinski definition) is 1. The number of carbonyl (C=O) groups excluding carboxylic acids is 2. The van der Waals surface area contributed by atoms with Crippen LogP contribution in [0, 0.1) is 0 Å². The molecule has 0 aliphatic carbocycles. The maximum atomic E-state index is 11.5. The van der Waals surface area contributed by atoms with Crippen LogP contribution in [0.1, 0.15) is 34.1 Å². The van der Waals surface area contributed by atoms with Crippen molar-refractivity contribution in [1.29, 1.82) is 0 Å². The molecule has 0 spiro atoms. The molecule has 1 rings (SSSR count). The van der Waals surface area contributed by atoms with E-state index < -0.39 is 5.60 Å². The minimum absolute atomic E-state index is 0.0877. The number of rotatable bonds is 5. The molecule has 1 aromatic rings. The molecule has 5 heteroatoms. The van der Waals surface area contributed by atoms with Gasteiger partial charge in [-0.25, -0.2) is 0 Å². The fraction of sp³-hybridized carbons (Fsp3) is 0.467. The first-order valence-corrected chi connectivity index (χ1v) is 7.47. The molecular weight excluding hydrogens is 274 g/mol. The van der Waals surface area contributed by atoms with E-state index in [1.165, 1.54) is 6.92 Å². The van der Waals surface area contributed by atoms with Crippen molar-refractivity contribution in [1.82, 2.24) is 0 Å². The number of esters is 1. The molecule has 20 heavy (non-hydrogen) atoms. The van der Waals surface area contributed by atoms with Crippen LogP contribution in [-0.2, 0) is 14.3 Å². The molecule has 0 aliphatic rings. The van der Waals surface area contributed by atoms with Gasteiger partial charge >= 0.3 is 5.97 Å². The van der Waals surface area contributed by atoms with Crippen LogP contribution < -0.4 is 5.32 Å². The second-order valence-corrected chi connectivity index (χ2v) is 6.56. The zero-order valence-corrected chi connectivity index (χ0v) is 13.2. The summed E-state index contributed by atoms with van der Waals surface area (Å²) in [6, 6.07) is 7.53. The van der Waals surface area contributed by atoms with Gasteiger partial charge in [0.05, 0.1) is 6.42 Å². The van der Waals surface area contributed by atoms with E-state index in [0.29, 0.717) is 12.2 Å². The van der Waals surface area contributed by atoms with Gasteiger partial charge in [-0.1, -0.05) is 0 Å². The third-order valence-corrected chi connectivity index (χ3v) is 3.18. The molecule has 0 aliphatic heterocycles. The Bertz CT molecular complexity index is 463. The minimum Gasteiger partial charge on any atom is -0.460 e. The number of benzene rings is 1. The number of carbonyl (C=O) groups is 2. The number of hydrogen-bond acceptors (Lipinski definition) is 4. The molecule has 1 N–H and O–H groups in total. The Balaban J connectivity index is 2.35. The highest BCUT2D eigenvalue weighted by atomic mass is 32.2. The summed E-state index contributed by atoms with van der Waals surface area (Å²) in [5.41, 5.74) is 0.343. The SMILES string of the molecule is CC(=O)Nc1ccc(SCCC(=O)OC(C)(C)C)cc1. The molecule has 1 aromatic carbocycles. The highest BCUT2D eigenvalue weighted by Crippen LogP contribution is 2.21. The molecule has 0 unspecified atom stereocenters. The summed E-state index contributed by atoms with van der Waals surface area (Å²) >= 11 is 1.59. The van der Waals surface area contributed by atoms with E-state index in [1.54, 1.807) is 11.8 Å². The van der Waals surface area contributed by atoms with Crippen LogP contribution in [0.15, 0.2) is 29.2 Å². The Morgan fingerprint density at radius 2 is 1.80 bits per heavy atom. The van der Waals surface area contributed by atoms with Crippen molar-refractivity contribution >= 4 is 29.3 Å². The van der Waals surface area contributed by atoms with Gasteiger partial charge in [0.2, 0.25) is 5.91 Å². The van der Waals surface area contributed by atoms with E-state index >= 15 is 0 Å². The summed E-state index contributed by atoms with van der Waals surface area (Å²) in [6.45, 7) is 7.06. The lowest BCUT2D eigenvalue weighted by Crippen LogP contribution is -2.23. The summed E-state index contributed by atoms with van der Waals surface area (Å²) in [7, 11) is 0. The Morgan fingerprint density at radius 1 is 1.20 bits per heavy atom. The van der Waals surface area contributed by atoms with Gasteiger partial charge < -0.3 is 10.1 Å². The lowest BCUT2D eigenvalue weighted by atomic mass is 10.2. The van der Waals surface area contributed by atoms with Crippen LogP contribution >= 0.6 is 11.8 Å². The number of thioether (sulfide) groups is 1. The minimum atomic E-state index is -0.429. The molecule has 0 bridgehead atoms. The van der Waals surface area contributed by atoms with Crippen molar-refractivity contribution in [3.63, 3.8) is 0 Å². The standard InChI is InChI=1S/C15H21NO3S/c1-11(17)16-12-5-7-13(8-6-12)20-10-9-14(18)19-15(2,3)4/h5-8H,9-10H2,1-4H3,(H,16,17). The van der Waals surface area contributed by atoms with Gasteiger partial charge in [0.1, 0.15) is 5.60 Å². The van der Waals surface area contributed by atoms with Crippen molar-refractivity contribution in [2.45, 2.75) is 44.6 Å². The zero-order valence-electron chi connectivity index (χ0n) is 12.4. The molecule has 0 aromatic heterocycles. The molecule has 0 heterocycles. The first-order chi connectivity index (χ1) is 9.26. The van der Waals surface area contributed by atoms with Gasteiger partial charge in [-0.05, 0) is 45.0 Å². The van der Waals surface area contributed by atoms with Crippen LogP contribution in [0.5, 0.6) is 0 Å². The Morgan fingerprint density at radius 3 is 2.30 bits per heavy atom. The quantitative estimate of drug-likeness (QED) is 0.667. The molecule has 0 saturated heterocycles. The topological polar surface area (TPSA) is 55.4 Å². The molecule has 1 amide bonds. The Hall–Kier alpha value is -1.49. The van der Waals surface area contributed by atoms with E-state index in [-0.39, 0.29) is 11.9 Å². The van der Waals surface area contributed by atoms with Crippen LogP contribution in [0.25, 0.3) is 0 Å². The third-order valence-electron chi connectivity index (χ3n) is 2.17. The van der Waals surface area contributed by atoms with Gasteiger partial charge in [0.25, 0.3) is 0 Å². The van der Waals surface area contributed by atoms with Crippen LogP contribution in [0.2, 0.25) is 0 Å². The van der Waals surface area contributed by atoms with Crippen molar-refractivity contribution in [2.75, 3.05) is 11.1 Å². The second kappa shape index (κ2) is 7.33. The van der Waals surface area contributed by atoms with Gasteiger partial charge in [-0.3, -0.25) is 9.59 Å². The van der Waals surface area contributed by atoms with Gasteiger partial charge in [-0.2, -0.15) is 0 Å². The van der Waals surface area contributed by atoms with E-state index in [2.05, 4.69) is 5.32 Å². The molecule has 4 nitrogen and oxygen atoms in total. The Labute approximate surface area is 124 Å². The fourth-order valence-electron chi connectivity index (χ4n) is 1.48. The lowest BCUT2D eigenvalue weighted by molar-refractivity contribution is -0.154. The van der Waals surface area contributed by atoms with Gasteiger partial charge in [-0.15, -0.1) is 11.8 Å². The summed E-state index contributed by atoms with van der Waals surface area (Å²) in [5, 5.41) is 2.71. The lowest BCUT2D eigenvalue weighted by Gasteiger charge is -2.19. The van der Waals surface area contributed by atoms with E-state index in [4.69, 9.17) is 4.74 Å². The fourth-order valence-corrected chi connectivity index (χ4v) is 2.32. The maximum Gasteiger partial charge on any atom is 0.307 e. The van der Waals surface area contributed by atoms with Crippen LogP contribution in [0.4, 0.5) is 5.69 Å². The summed E-state index contributed by atoms with van der Waals surface area (Å²) in [4.78, 5) is 23.5. The highest BCUT2D eigenvalue weighted by Gasteiger charge is 2.15. The van der Waals surface area contributed by atoms with Crippen LogP contribution in [0.3, 0.4) is 0 Å². The normalized spacial score (nSPS) is 11.0. The average Bonchev–Trinajstić information content (AvgIpc) is 2.28. The van der Waals surface area contributed by atoms with Gasteiger partial charge in [0.15, 0.2) is 0 Å². The predicted molar refractivity (Wildman–Crippen MR) is 81.9 cm³/mol. The average molecular weight is 295 g/mol. The van der Waals surface area contributed by atoms with Crippen molar-refractivity contribution in [3.05, 3.63) is 24.3 Å². The second-order valence-electron chi connectivity index (χ2n) is 5.39. The first kappa shape index (κ1) is 16.6. The summed E-state index contributed by atoms with van der Waals surface area (Å²) < 4.78 is 5.24.